The predicted molar refractivity (Wildman–Crippen MR) is 132 cm³/mol. The molecule has 3 heterocycles. The zero-order valence-electron chi connectivity index (χ0n) is 18.4. The first-order chi connectivity index (χ1) is 16.9. The van der Waals surface area contributed by atoms with E-state index in [-0.39, 0.29) is 29.9 Å². The van der Waals surface area contributed by atoms with E-state index < -0.39 is 23.1 Å². The first-order valence-corrected chi connectivity index (χ1v) is 12.9. The number of carbonyl (C=O) groups is 3. The highest BCUT2D eigenvalue weighted by Gasteiger charge is 2.56. The summed E-state index contributed by atoms with van der Waals surface area (Å²) in [6, 6.07) is 13.5. The molecule has 2 aliphatic heterocycles. The highest BCUT2D eigenvalue weighted by atomic mass is 35.5. The number of aromatic nitrogens is 1. The van der Waals surface area contributed by atoms with Crippen LogP contribution in [0.3, 0.4) is 0 Å². The van der Waals surface area contributed by atoms with E-state index in [2.05, 4.69) is 4.98 Å². The molecule has 3 aromatic rings. The standard InChI is InChI=1S/C24H19ClN2O6S2/c1-2-32-16(28)11-33-15-6-4-3-5-14(15)17-18-20(34-21-19(17)35-24(31)26-21)23(30)27(22(18)29)13-9-7-12(25)8-10-13/h3-10,17-18,20H,2,11H2,1H3,(H,26,31). The number of esters is 1. The van der Waals surface area contributed by atoms with E-state index in [1.807, 2.05) is 0 Å². The lowest BCUT2D eigenvalue weighted by Gasteiger charge is -2.30. The number of para-hydroxylation sites is 1. The van der Waals surface area contributed by atoms with Crippen molar-refractivity contribution < 1.29 is 23.9 Å². The van der Waals surface area contributed by atoms with Gasteiger partial charge in [-0.25, -0.2) is 9.69 Å². The average molecular weight is 531 g/mol. The van der Waals surface area contributed by atoms with Crippen LogP contribution < -0.4 is 14.5 Å². The lowest BCUT2D eigenvalue weighted by atomic mass is 9.82. The molecule has 1 saturated heterocycles. The van der Waals surface area contributed by atoms with E-state index in [0.29, 0.717) is 31.9 Å². The molecule has 0 bridgehead atoms. The van der Waals surface area contributed by atoms with Crippen LogP contribution in [0.15, 0.2) is 58.4 Å². The molecule has 1 fully saturated rings. The monoisotopic (exact) mass is 530 g/mol. The lowest BCUT2D eigenvalue weighted by molar-refractivity contribution is -0.145. The molecule has 0 saturated carbocycles. The summed E-state index contributed by atoms with van der Waals surface area (Å²) in [5.74, 6) is -2.26. The van der Waals surface area contributed by atoms with Crippen molar-refractivity contribution in [2.24, 2.45) is 5.92 Å². The number of benzene rings is 2. The quantitative estimate of drug-likeness (QED) is 0.381. The zero-order valence-corrected chi connectivity index (χ0v) is 20.7. The van der Waals surface area contributed by atoms with Crippen molar-refractivity contribution in [2.45, 2.75) is 23.1 Å². The number of imide groups is 1. The van der Waals surface area contributed by atoms with E-state index in [1.165, 1.54) is 16.7 Å². The number of anilines is 1. The molecule has 0 spiro atoms. The number of halogens is 1. The Bertz CT molecular complexity index is 1370. The number of H-pyrrole nitrogens is 1. The number of fused-ring (bicyclic) bond motifs is 2. The summed E-state index contributed by atoms with van der Waals surface area (Å²) in [7, 11) is 0. The Kier molecular flexibility index (Phi) is 6.43. The van der Waals surface area contributed by atoms with Crippen molar-refractivity contribution in [3.05, 3.63) is 73.7 Å². The van der Waals surface area contributed by atoms with Crippen molar-refractivity contribution >= 4 is 58.2 Å². The summed E-state index contributed by atoms with van der Waals surface area (Å²) < 4.78 is 10.7. The van der Waals surface area contributed by atoms with Crippen LogP contribution >= 0.6 is 34.7 Å². The maximum absolute atomic E-state index is 13.8. The fourth-order valence-corrected chi connectivity index (χ4v) is 7.04. The van der Waals surface area contributed by atoms with Gasteiger partial charge in [-0.2, -0.15) is 0 Å². The molecule has 2 aromatic carbocycles. The fourth-order valence-electron chi connectivity index (χ4n) is 4.41. The summed E-state index contributed by atoms with van der Waals surface area (Å²) in [4.78, 5) is 55.8. The van der Waals surface area contributed by atoms with Gasteiger partial charge in [0.25, 0.3) is 0 Å². The first-order valence-electron chi connectivity index (χ1n) is 10.8. The van der Waals surface area contributed by atoms with Crippen molar-refractivity contribution in [1.82, 2.24) is 4.98 Å². The Hall–Kier alpha value is -3.08. The van der Waals surface area contributed by atoms with Crippen molar-refractivity contribution in [1.29, 1.82) is 0 Å². The molecule has 2 amide bonds. The van der Waals surface area contributed by atoms with Gasteiger partial charge in [0.15, 0.2) is 6.61 Å². The van der Waals surface area contributed by atoms with Gasteiger partial charge in [0.2, 0.25) is 11.8 Å². The van der Waals surface area contributed by atoms with Gasteiger partial charge in [-0.15, -0.1) is 0 Å². The molecular weight excluding hydrogens is 512 g/mol. The fraction of sp³-hybridized carbons (Fsp3) is 0.250. The van der Waals surface area contributed by atoms with Crippen molar-refractivity contribution in [2.75, 3.05) is 18.1 Å². The molecule has 2 aliphatic rings. The summed E-state index contributed by atoms with van der Waals surface area (Å²) in [6.07, 6.45) is 0. The number of carbonyl (C=O) groups excluding carboxylic acids is 3. The predicted octanol–water partition coefficient (Wildman–Crippen LogP) is 3.83. The second-order valence-electron chi connectivity index (χ2n) is 7.87. The van der Waals surface area contributed by atoms with Crippen LogP contribution in [0.5, 0.6) is 5.75 Å². The van der Waals surface area contributed by atoms with Crippen LogP contribution in [0.1, 0.15) is 23.3 Å². The number of thiazole rings is 1. The van der Waals surface area contributed by atoms with Gasteiger partial charge in [-0.3, -0.25) is 14.4 Å². The molecule has 11 heteroatoms. The maximum atomic E-state index is 13.8. The van der Waals surface area contributed by atoms with Crippen LogP contribution in [0.4, 0.5) is 5.69 Å². The number of ether oxygens (including phenoxy) is 2. The Morgan fingerprint density at radius 3 is 2.57 bits per heavy atom. The Balaban J connectivity index is 1.58. The molecule has 3 atom stereocenters. The van der Waals surface area contributed by atoms with E-state index in [0.717, 1.165) is 11.3 Å². The van der Waals surface area contributed by atoms with Crippen LogP contribution in [-0.4, -0.2) is 41.2 Å². The second kappa shape index (κ2) is 9.52. The van der Waals surface area contributed by atoms with Gasteiger partial charge in [0, 0.05) is 21.4 Å². The van der Waals surface area contributed by atoms with Gasteiger partial charge < -0.3 is 14.5 Å². The minimum Gasteiger partial charge on any atom is -0.482 e. The highest BCUT2D eigenvalue weighted by Crippen LogP contribution is 2.54. The number of nitrogens with zero attached hydrogens (tertiary/aromatic N) is 1. The molecule has 35 heavy (non-hydrogen) atoms. The molecule has 5 rings (SSSR count). The SMILES string of the molecule is CCOC(=O)COc1ccccc1C1c2sc(=O)[nH]c2SC2C(=O)N(c3ccc(Cl)cc3)C(=O)C21. The molecule has 8 nitrogen and oxygen atoms in total. The molecule has 0 aliphatic carbocycles. The van der Waals surface area contributed by atoms with Crippen LogP contribution in [0.2, 0.25) is 5.02 Å². The lowest BCUT2D eigenvalue weighted by Crippen LogP contribution is -2.32. The van der Waals surface area contributed by atoms with Crippen LogP contribution in [0, 0.1) is 5.92 Å². The van der Waals surface area contributed by atoms with Gasteiger partial charge >= 0.3 is 10.8 Å². The Labute approximate surface area is 213 Å². The number of aromatic amines is 1. The summed E-state index contributed by atoms with van der Waals surface area (Å²) in [6.45, 7) is 1.63. The highest BCUT2D eigenvalue weighted by molar-refractivity contribution is 8.00. The third kappa shape index (κ3) is 4.26. The molecule has 1 N–H and O–H groups in total. The molecular formula is C24H19ClN2O6S2. The minimum atomic E-state index is -0.769. The normalized spacial score (nSPS) is 21.0. The van der Waals surface area contributed by atoms with Gasteiger partial charge in [0.05, 0.1) is 23.2 Å². The minimum absolute atomic E-state index is 0.227. The maximum Gasteiger partial charge on any atom is 0.344 e. The topological polar surface area (TPSA) is 106 Å². The third-order valence-corrected chi connectivity index (χ3v) is 8.47. The molecule has 0 radical (unpaired) electrons. The number of thioether (sulfide) groups is 1. The molecule has 3 unspecified atom stereocenters. The average Bonchev–Trinajstić information content (AvgIpc) is 3.33. The van der Waals surface area contributed by atoms with E-state index in [1.54, 1.807) is 55.5 Å². The number of nitrogens with one attached hydrogen (secondary N) is 1. The van der Waals surface area contributed by atoms with Crippen LogP contribution in [-0.2, 0) is 19.1 Å². The van der Waals surface area contributed by atoms with E-state index in [4.69, 9.17) is 21.1 Å². The van der Waals surface area contributed by atoms with Gasteiger partial charge in [0.1, 0.15) is 11.0 Å². The molecule has 180 valence electrons. The summed E-state index contributed by atoms with van der Waals surface area (Å²) in [5.41, 5.74) is 1.05. The molecule has 1 aromatic heterocycles. The Morgan fingerprint density at radius 1 is 1.09 bits per heavy atom. The van der Waals surface area contributed by atoms with E-state index >= 15 is 0 Å². The number of hydrogen-bond acceptors (Lipinski definition) is 8. The van der Waals surface area contributed by atoms with Crippen LogP contribution in [0.25, 0.3) is 0 Å². The van der Waals surface area contributed by atoms with Gasteiger partial charge in [-0.1, -0.05) is 52.9 Å². The van der Waals surface area contributed by atoms with E-state index in [9.17, 15) is 19.2 Å². The van der Waals surface area contributed by atoms with Crippen molar-refractivity contribution in [3.8, 4) is 5.75 Å². The number of amides is 2. The Morgan fingerprint density at radius 2 is 1.83 bits per heavy atom. The third-order valence-electron chi connectivity index (χ3n) is 5.81. The second-order valence-corrected chi connectivity index (χ2v) is 10.5. The summed E-state index contributed by atoms with van der Waals surface area (Å²) in [5, 5.41) is 0.314. The smallest absolute Gasteiger partial charge is 0.344 e. The summed E-state index contributed by atoms with van der Waals surface area (Å²) >= 11 is 8.19. The van der Waals surface area contributed by atoms with Gasteiger partial charge in [-0.05, 0) is 37.3 Å². The number of hydrogen-bond donors (Lipinski definition) is 1. The first kappa shape index (κ1) is 23.7. The van der Waals surface area contributed by atoms with Crippen molar-refractivity contribution in [3.63, 3.8) is 0 Å². The number of rotatable bonds is 6. The largest absolute Gasteiger partial charge is 0.482 e. The zero-order chi connectivity index (χ0) is 24.7.